The van der Waals surface area contributed by atoms with Gasteiger partial charge in [0, 0.05) is 75.7 Å². The van der Waals surface area contributed by atoms with Crippen LogP contribution in [0, 0.1) is 6.92 Å². The first kappa shape index (κ1) is 18.7. The molecule has 0 spiro atoms. The van der Waals surface area contributed by atoms with Crippen molar-refractivity contribution < 1.29 is 37.5 Å². The molecule has 0 saturated carbocycles. The van der Waals surface area contributed by atoms with Gasteiger partial charge in [0.05, 0.1) is 5.69 Å². The van der Waals surface area contributed by atoms with E-state index in [-0.39, 0.29) is 44.8 Å². The zero-order chi connectivity index (χ0) is 16.7. The van der Waals surface area contributed by atoms with Gasteiger partial charge in [-0.25, -0.2) is 9.50 Å². The summed E-state index contributed by atoms with van der Waals surface area (Å²) in [5, 5.41) is 4.67. The van der Waals surface area contributed by atoms with Gasteiger partial charge in [-0.15, -0.1) is 0 Å². The summed E-state index contributed by atoms with van der Waals surface area (Å²) in [4.78, 5) is 20.0. The van der Waals surface area contributed by atoms with Gasteiger partial charge >= 0.3 is 0 Å². The predicted molar refractivity (Wildman–Crippen MR) is 91.5 cm³/mol. The van der Waals surface area contributed by atoms with Crippen LogP contribution >= 0.6 is 0 Å². The van der Waals surface area contributed by atoms with Gasteiger partial charge in [0.2, 0.25) is 0 Å². The Morgan fingerprint density at radius 3 is 2.84 bits per heavy atom. The van der Waals surface area contributed by atoms with Gasteiger partial charge in [-0.3, -0.25) is 0 Å². The first-order chi connectivity index (χ1) is 11.7. The van der Waals surface area contributed by atoms with Gasteiger partial charge in [-0.05, 0) is 39.2 Å². The number of nitrogens with two attached hydrogens (primary N) is 1. The second-order valence-electron chi connectivity index (χ2n) is 6.91. The van der Waals surface area contributed by atoms with Crippen molar-refractivity contribution in [2.24, 2.45) is 5.73 Å². The minimum Gasteiger partial charge on any atom is -0.520 e. The summed E-state index contributed by atoms with van der Waals surface area (Å²) in [7, 11) is 0. The molecular formula is C17H23N6OY-. The van der Waals surface area contributed by atoms with E-state index in [1.807, 2.05) is 16.8 Å². The maximum atomic E-state index is 11.2. The fourth-order valence-electron chi connectivity index (χ4n) is 3.83. The van der Waals surface area contributed by atoms with Crippen molar-refractivity contribution in [1.29, 1.82) is 0 Å². The summed E-state index contributed by atoms with van der Waals surface area (Å²) < 4.78 is 1.82. The van der Waals surface area contributed by atoms with Gasteiger partial charge in [0.1, 0.15) is 5.82 Å². The SMILES string of the molecule is Cc1cn2nc(C3CCCCN3[C-]=O)cc2nc1N1CCC(N)C1.[Y]. The number of anilines is 1. The smallest absolute Gasteiger partial charge is 0.157 e. The van der Waals surface area contributed by atoms with Crippen LogP contribution in [0.5, 0.6) is 0 Å². The van der Waals surface area contributed by atoms with Crippen LogP contribution in [-0.2, 0) is 37.5 Å². The molecule has 25 heavy (non-hydrogen) atoms. The number of likely N-dealkylation sites (tertiary alicyclic amines) is 1. The Morgan fingerprint density at radius 1 is 1.28 bits per heavy atom. The van der Waals surface area contributed by atoms with E-state index in [1.165, 1.54) is 0 Å². The van der Waals surface area contributed by atoms with Crippen LogP contribution < -0.4 is 10.6 Å². The van der Waals surface area contributed by atoms with Crippen LogP contribution in [0.25, 0.3) is 5.65 Å². The van der Waals surface area contributed by atoms with Gasteiger partial charge in [-0.2, -0.15) is 11.5 Å². The van der Waals surface area contributed by atoms with E-state index >= 15 is 0 Å². The third-order valence-electron chi connectivity index (χ3n) is 5.11. The van der Waals surface area contributed by atoms with Crippen molar-refractivity contribution in [2.75, 3.05) is 24.5 Å². The Kier molecular flexibility index (Phi) is 5.76. The molecule has 2 aliphatic heterocycles. The van der Waals surface area contributed by atoms with Crippen LogP contribution in [-0.4, -0.2) is 51.6 Å². The molecule has 2 unspecified atom stereocenters. The average Bonchev–Trinajstić information content (AvgIpc) is 3.19. The number of amides is 1. The molecule has 1 radical (unpaired) electrons. The fraction of sp³-hybridized carbons (Fsp3) is 0.588. The van der Waals surface area contributed by atoms with Crippen molar-refractivity contribution in [3.63, 3.8) is 0 Å². The molecule has 0 aliphatic carbocycles. The van der Waals surface area contributed by atoms with Crippen molar-refractivity contribution in [2.45, 2.75) is 44.7 Å². The standard InChI is InChI=1S/C17H23N6O.Y/c1-12-9-23-16(19-17(12)21-7-5-13(18)10-21)8-14(20-23)15-4-2-3-6-22(15)11-24;/h8-9,13,15H,2-7,10,18H2,1H3;/q-1;. The third-order valence-corrected chi connectivity index (χ3v) is 5.11. The van der Waals surface area contributed by atoms with E-state index in [1.54, 1.807) is 4.90 Å². The van der Waals surface area contributed by atoms with E-state index in [0.717, 1.165) is 68.0 Å². The zero-order valence-electron chi connectivity index (χ0n) is 14.6. The number of aryl methyl sites for hydroxylation is 1. The largest absolute Gasteiger partial charge is 0.520 e. The molecule has 8 heteroatoms. The number of fused-ring (bicyclic) bond motifs is 1. The number of carbonyl (C=O) groups excluding carboxylic acids is 1. The second kappa shape index (κ2) is 7.68. The molecule has 2 aromatic heterocycles. The van der Waals surface area contributed by atoms with Crippen LogP contribution in [0.4, 0.5) is 5.82 Å². The van der Waals surface area contributed by atoms with Crippen molar-refractivity contribution in [1.82, 2.24) is 19.5 Å². The van der Waals surface area contributed by atoms with Crippen molar-refractivity contribution >= 4 is 17.9 Å². The van der Waals surface area contributed by atoms with Crippen molar-refractivity contribution in [3.05, 3.63) is 23.5 Å². The van der Waals surface area contributed by atoms with Crippen LogP contribution in [0.2, 0.25) is 0 Å². The first-order valence-corrected chi connectivity index (χ1v) is 8.67. The number of hydrogen-bond acceptors (Lipinski definition) is 5. The average molecular weight is 416 g/mol. The van der Waals surface area contributed by atoms with E-state index in [2.05, 4.69) is 23.3 Å². The molecule has 131 valence electrons. The monoisotopic (exact) mass is 416 g/mol. The molecule has 2 N–H and O–H groups in total. The first-order valence-electron chi connectivity index (χ1n) is 8.67. The summed E-state index contributed by atoms with van der Waals surface area (Å²) in [6.45, 7) is 4.61. The van der Waals surface area contributed by atoms with Crippen molar-refractivity contribution in [3.8, 4) is 0 Å². The summed E-state index contributed by atoms with van der Waals surface area (Å²) in [6.07, 6.45) is 8.17. The molecule has 2 fully saturated rings. The summed E-state index contributed by atoms with van der Waals surface area (Å²) >= 11 is 0. The predicted octanol–water partition coefficient (Wildman–Crippen LogP) is 1.17. The number of hydrogen-bond donors (Lipinski definition) is 1. The zero-order valence-corrected chi connectivity index (χ0v) is 17.4. The summed E-state index contributed by atoms with van der Waals surface area (Å²) in [6, 6.07) is 2.24. The molecular weight excluding hydrogens is 393 g/mol. The van der Waals surface area contributed by atoms with E-state index in [9.17, 15) is 4.79 Å². The Bertz CT molecular complexity index is 763. The minimum absolute atomic E-state index is 0. The normalized spacial score (nSPS) is 23.8. The third kappa shape index (κ3) is 3.59. The number of aromatic nitrogens is 3. The van der Waals surface area contributed by atoms with E-state index in [0.29, 0.717) is 0 Å². The molecule has 4 heterocycles. The molecule has 2 aromatic rings. The number of piperidine rings is 1. The maximum Gasteiger partial charge on any atom is 0.157 e. The Hall–Kier alpha value is -1.05. The Balaban J connectivity index is 0.00000182. The van der Waals surface area contributed by atoms with E-state index in [4.69, 9.17) is 10.7 Å². The summed E-state index contributed by atoms with van der Waals surface area (Å²) in [5.41, 5.74) is 8.84. The maximum absolute atomic E-state index is 11.2. The minimum atomic E-state index is 0. The fourth-order valence-corrected chi connectivity index (χ4v) is 3.83. The summed E-state index contributed by atoms with van der Waals surface area (Å²) in [5.74, 6) is 0.990. The number of nitrogens with zero attached hydrogens (tertiary/aromatic N) is 5. The molecule has 7 nitrogen and oxygen atoms in total. The molecule has 0 bridgehead atoms. The molecule has 2 saturated heterocycles. The van der Waals surface area contributed by atoms with Gasteiger partial charge in [-0.1, -0.05) is 0 Å². The molecule has 2 atom stereocenters. The Labute approximate surface area is 172 Å². The van der Waals surface area contributed by atoms with Crippen LogP contribution in [0.1, 0.15) is 43.0 Å². The topological polar surface area (TPSA) is 79.8 Å². The molecule has 1 amide bonds. The second-order valence-corrected chi connectivity index (χ2v) is 6.91. The van der Waals surface area contributed by atoms with Crippen LogP contribution in [0.15, 0.2) is 12.3 Å². The van der Waals surface area contributed by atoms with Gasteiger partial charge < -0.3 is 20.3 Å². The molecule has 4 rings (SSSR count). The molecule has 2 aliphatic rings. The van der Waals surface area contributed by atoms with E-state index < -0.39 is 0 Å². The van der Waals surface area contributed by atoms with Gasteiger partial charge in [0.15, 0.2) is 5.65 Å². The number of rotatable bonds is 3. The van der Waals surface area contributed by atoms with Gasteiger partial charge in [0.25, 0.3) is 0 Å². The molecule has 0 aromatic carbocycles. The quantitative estimate of drug-likeness (QED) is 0.760. The van der Waals surface area contributed by atoms with Crippen LogP contribution in [0.3, 0.4) is 0 Å². The Morgan fingerprint density at radius 2 is 2.12 bits per heavy atom.